The molecule has 2 rings (SSSR count). The molecule has 2 N–H and O–H groups in total. The molecule has 1 heterocycles. The molecule has 0 saturated carbocycles. The van der Waals surface area contributed by atoms with E-state index in [1.807, 2.05) is 19.1 Å². The molecule has 0 radical (unpaired) electrons. The van der Waals surface area contributed by atoms with Gasteiger partial charge in [0, 0.05) is 13.1 Å². The molecule has 14 heavy (non-hydrogen) atoms. The van der Waals surface area contributed by atoms with Crippen LogP contribution in [0, 0.1) is 0 Å². The minimum absolute atomic E-state index is 0.706. The van der Waals surface area contributed by atoms with Gasteiger partial charge in [-0.1, -0.05) is 6.07 Å². The molecule has 3 nitrogen and oxygen atoms in total. The van der Waals surface area contributed by atoms with Crippen LogP contribution in [0.3, 0.4) is 0 Å². The molecule has 0 saturated heterocycles. The fraction of sp³-hybridized carbons (Fsp3) is 0.455. The molecule has 1 aliphatic heterocycles. The van der Waals surface area contributed by atoms with E-state index in [4.69, 9.17) is 4.74 Å². The van der Waals surface area contributed by atoms with Crippen molar-refractivity contribution < 1.29 is 4.74 Å². The topological polar surface area (TPSA) is 33.3 Å². The van der Waals surface area contributed by atoms with Gasteiger partial charge in [0.15, 0.2) is 0 Å². The van der Waals surface area contributed by atoms with Crippen LogP contribution in [0.1, 0.15) is 13.3 Å². The van der Waals surface area contributed by atoms with Gasteiger partial charge in [-0.3, -0.25) is 0 Å². The predicted molar refractivity (Wildman–Crippen MR) is 59.2 cm³/mol. The van der Waals surface area contributed by atoms with Crippen LogP contribution in [0.5, 0.6) is 5.75 Å². The Hall–Kier alpha value is -1.38. The molecule has 1 aromatic carbocycles. The average molecular weight is 192 g/mol. The first kappa shape index (κ1) is 9.19. The molecule has 76 valence electrons. The van der Waals surface area contributed by atoms with Crippen molar-refractivity contribution in [2.45, 2.75) is 13.3 Å². The molecule has 0 unspecified atom stereocenters. The molecule has 0 atom stereocenters. The number of para-hydroxylation sites is 1. The van der Waals surface area contributed by atoms with Gasteiger partial charge >= 0.3 is 0 Å². The monoisotopic (exact) mass is 192 g/mol. The van der Waals surface area contributed by atoms with Crippen LogP contribution in [0.4, 0.5) is 11.4 Å². The molecule has 0 aliphatic carbocycles. The highest BCUT2D eigenvalue weighted by molar-refractivity contribution is 5.76. The van der Waals surface area contributed by atoms with E-state index in [0.29, 0.717) is 6.61 Å². The Morgan fingerprint density at radius 1 is 1.29 bits per heavy atom. The fourth-order valence-electron chi connectivity index (χ4n) is 1.66. The third kappa shape index (κ3) is 1.76. The van der Waals surface area contributed by atoms with E-state index < -0.39 is 0 Å². The molecule has 1 aromatic rings. The zero-order valence-corrected chi connectivity index (χ0v) is 8.47. The Kier molecular flexibility index (Phi) is 2.77. The second-order valence-electron chi connectivity index (χ2n) is 3.32. The zero-order chi connectivity index (χ0) is 9.80. The minimum Gasteiger partial charge on any atom is -0.492 e. The maximum Gasteiger partial charge on any atom is 0.144 e. The molecule has 0 amide bonds. The van der Waals surface area contributed by atoms with E-state index in [1.165, 1.54) is 0 Å². The molecular formula is C11H16N2O. The van der Waals surface area contributed by atoms with Crippen molar-refractivity contribution in [1.82, 2.24) is 0 Å². The Labute approximate surface area is 84.5 Å². The van der Waals surface area contributed by atoms with Crippen molar-refractivity contribution in [2.24, 2.45) is 0 Å². The van der Waals surface area contributed by atoms with Crippen LogP contribution in [-0.2, 0) is 0 Å². The number of rotatable bonds is 2. The maximum atomic E-state index is 5.56. The number of fused-ring (bicyclic) bond motifs is 1. The lowest BCUT2D eigenvalue weighted by Crippen LogP contribution is -2.02. The highest BCUT2D eigenvalue weighted by atomic mass is 16.5. The predicted octanol–water partition coefficient (Wildman–Crippen LogP) is 2.31. The molecule has 0 aromatic heterocycles. The number of benzene rings is 1. The second kappa shape index (κ2) is 4.22. The van der Waals surface area contributed by atoms with Crippen molar-refractivity contribution >= 4 is 11.4 Å². The van der Waals surface area contributed by atoms with Crippen molar-refractivity contribution in [2.75, 3.05) is 30.3 Å². The quantitative estimate of drug-likeness (QED) is 0.754. The van der Waals surface area contributed by atoms with Crippen LogP contribution in [0.2, 0.25) is 0 Å². The fourth-order valence-corrected chi connectivity index (χ4v) is 1.66. The SMILES string of the molecule is CCOc1cccc2c1NCCCN2. The summed E-state index contributed by atoms with van der Waals surface area (Å²) in [7, 11) is 0. The van der Waals surface area contributed by atoms with Crippen molar-refractivity contribution in [1.29, 1.82) is 0 Å². The van der Waals surface area contributed by atoms with E-state index in [2.05, 4.69) is 16.7 Å². The molecule has 1 aliphatic rings. The van der Waals surface area contributed by atoms with Crippen molar-refractivity contribution in [3.8, 4) is 5.75 Å². The summed E-state index contributed by atoms with van der Waals surface area (Å²) in [6.45, 7) is 4.74. The molecule has 3 heteroatoms. The normalized spacial score (nSPS) is 14.6. The highest BCUT2D eigenvalue weighted by Crippen LogP contribution is 2.33. The lowest BCUT2D eigenvalue weighted by molar-refractivity contribution is 0.342. The summed E-state index contributed by atoms with van der Waals surface area (Å²) in [5.74, 6) is 0.944. The number of nitrogens with one attached hydrogen (secondary N) is 2. The van der Waals surface area contributed by atoms with Crippen LogP contribution in [-0.4, -0.2) is 19.7 Å². The molecule has 0 bridgehead atoms. The largest absolute Gasteiger partial charge is 0.492 e. The summed E-state index contributed by atoms with van der Waals surface area (Å²) >= 11 is 0. The summed E-state index contributed by atoms with van der Waals surface area (Å²) in [6, 6.07) is 6.10. The van der Waals surface area contributed by atoms with Crippen LogP contribution >= 0.6 is 0 Å². The molecular weight excluding hydrogens is 176 g/mol. The molecule has 0 fully saturated rings. The van der Waals surface area contributed by atoms with E-state index in [1.54, 1.807) is 0 Å². The van der Waals surface area contributed by atoms with Gasteiger partial charge in [-0.2, -0.15) is 0 Å². The van der Waals surface area contributed by atoms with Gasteiger partial charge in [-0.05, 0) is 25.5 Å². The van der Waals surface area contributed by atoms with E-state index in [9.17, 15) is 0 Å². The van der Waals surface area contributed by atoms with Crippen LogP contribution in [0.25, 0.3) is 0 Å². The van der Waals surface area contributed by atoms with E-state index in [-0.39, 0.29) is 0 Å². The molecule has 0 spiro atoms. The third-order valence-electron chi connectivity index (χ3n) is 2.30. The number of anilines is 2. The van der Waals surface area contributed by atoms with Gasteiger partial charge in [0.25, 0.3) is 0 Å². The number of ether oxygens (including phenoxy) is 1. The zero-order valence-electron chi connectivity index (χ0n) is 8.47. The maximum absolute atomic E-state index is 5.56. The lowest BCUT2D eigenvalue weighted by atomic mass is 10.2. The first-order chi connectivity index (χ1) is 6.92. The first-order valence-corrected chi connectivity index (χ1v) is 5.15. The Bertz CT molecular complexity index is 312. The van der Waals surface area contributed by atoms with Crippen LogP contribution in [0.15, 0.2) is 18.2 Å². The van der Waals surface area contributed by atoms with Gasteiger partial charge in [-0.15, -0.1) is 0 Å². The third-order valence-corrected chi connectivity index (χ3v) is 2.30. The summed E-state index contributed by atoms with van der Waals surface area (Å²) in [4.78, 5) is 0. The van der Waals surface area contributed by atoms with Gasteiger partial charge in [0.05, 0.1) is 12.3 Å². The number of hydrogen-bond donors (Lipinski definition) is 2. The summed E-state index contributed by atoms with van der Waals surface area (Å²) < 4.78 is 5.56. The Balaban J connectivity index is 2.32. The highest BCUT2D eigenvalue weighted by Gasteiger charge is 2.10. The Morgan fingerprint density at radius 3 is 3.00 bits per heavy atom. The van der Waals surface area contributed by atoms with E-state index in [0.717, 1.165) is 36.6 Å². The Morgan fingerprint density at radius 2 is 2.14 bits per heavy atom. The van der Waals surface area contributed by atoms with Gasteiger partial charge in [0.2, 0.25) is 0 Å². The van der Waals surface area contributed by atoms with Crippen molar-refractivity contribution in [3.05, 3.63) is 18.2 Å². The second-order valence-corrected chi connectivity index (χ2v) is 3.32. The summed E-state index contributed by atoms with van der Waals surface area (Å²) in [5, 5.41) is 6.77. The summed E-state index contributed by atoms with van der Waals surface area (Å²) in [5.41, 5.74) is 2.25. The van der Waals surface area contributed by atoms with E-state index >= 15 is 0 Å². The standard InChI is InChI=1S/C11H16N2O/c1-2-14-10-6-3-5-9-11(10)13-8-4-7-12-9/h3,5-6,12-13H,2,4,7-8H2,1H3. The average Bonchev–Trinajstić information content (AvgIpc) is 2.44. The summed E-state index contributed by atoms with van der Waals surface area (Å²) in [6.07, 6.45) is 1.14. The smallest absolute Gasteiger partial charge is 0.144 e. The number of hydrogen-bond acceptors (Lipinski definition) is 3. The van der Waals surface area contributed by atoms with Crippen molar-refractivity contribution in [3.63, 3.8) is 0 Å². The van der Waals surface area contributed by atoms with Gasteiger partial charge in [0.1, 0.15) is 11.4 Å². The first-order valence-electron chi connectivity index (χ1n) is 5.15. The van der Waals surface area contributed by atoms with Crippen LogP contribution < -0.4 is 15.4 Å². The lowest BCUT2D eigenvalue weighted by Gasteiger charge is -2.13. The van der Waals surface area contributed by atoms with Gasteiger partial charge in [-0.25, -0.2) is 0 Å². The minimum atomic E-state index is 0.706. The van der Waals surface area contributed by atoms with Gasteiger partial charge < -0.3 is 15.4 Å².